The maximum Gasteiger partial charge on any atom is 0.409 e. The summed E-state index contributed by atoms with van der Waals surface area (Å²) in [7, 11) is 0. The number of carbonyl (C=O) groups is 2. The lowest BCUT2D eigenvalue weighted by molar-refractivity contribution is 0.0948. The summed E-state index contributed by atoms with van der Waals surface area (Å²) in [5.41, 5.74) is 1.68. The third-order valence-corrected chi connectivity index (χ3v) is 2.79. The molecule has 0 radical (unpaired) electrons. The highest BCUT2D eigenvalue weighted by Crippen LogP contribution is 2.04. The molecule has 0 atom stereocenters. The largest absolute Gasteiger partial charge is 0.448 e. The van der Waals surface area contributed by atoms with E-state index in [2.05, 4.69) is 5.32 Å². The van der Waals surface area contributed by atoms with Crippen molar-refractivity contribution in [3.8, 4) is 0 Å². The van der Waals surface area contributed by atoms with Crippen molar-refractivity contribution in [3.05, 3.63) is 35.4 Å². The Kier molecular flexibility index (Phi) is 3.82. The quantitative estimate of drug-likeness (QED) is 0.870. The molecule has 1 N–H and O–H groups in total. The van der Waals surface area contributed by atoms with Gasteiger partial charge in [0.15, 0.2) is 0 Å². The molecule has 0 saturated carbocycles. The summed E-state index contributed by atoms with van der Waals surface area (Å²) in [5.74, 6) is -0.119. The third-order valence-electron chi connectivity index (χ3n) is 2.79. The Hall–Kier alpha value is -2.04. The van der Waals surface area contributed by atoms with E-state index >= 15 is 0 Å². The Morgan fingerprint density at radius 3 is 3.00 bits per heavy atom. The minimum absolute atomic E-state index is 0.119. The summed E-state index contributed by atoms with van der Waals surface area (Å²) in [6, 6.07) is 7.39. The number of aryl methyl sites for hydroxylation is 1. The zero-order valence-electron chi connectivity index (χ0n) is 10.3. The number of nitrogens with zero attached hydrogens (tertiary/aromatic N) is 1. The zero-order valence-corrected chi connectivity index (χ0v) is 10.3. The maximum atomic E-state index is 11.8. The van der Waals surface area contributed by atoms with Crippen molar-refractivity contribution in [1.82, 2.24) is 10.2 Å². The van der Waals surface area contributed by atoms with Crippen molar-refractivity contribution in [2.24, 2.45) is 0 Å². The van der Waals surface area contributed by atoms with Gasteiger partial charge in [0.2, 0.25) is 0 Å². The van der Waals surface area contributed by atoms with E-state index in [-0.39, 0.29) is 12.0 Å². The van der Waals surface area contributed by atoms with E-state index in [1.165, 1.54) is 0 Å². The van der Waals surface area contributed by atoms with Crippen LogP contribution in [0.1, 0.15) is 15.9 Å². The van der Waals surface area contributed by atoms with E-state index in [1.54, 1.807) is 11.0 Å². The summed E-state index contributed by atoms with van der Waals surface area (Å²) < 4.78 is 4.80. The van der Waals surface area contributed by atoms with Crippen LogP contribution in [-0.2, 0) is 4.74 Å². The van der Waals surface area contributed by atoms with Gasteiger partial charge in [-0.05, 0) is 19.1 Å². The average molecular weight is 248 g/mol. The Bertz CT molecular complexity index is 459. The molecule has 1 aromatic carbocycles. The van der Waals surface area contributed by atoms with Crippen LogP contribution in [0, 0.1) is 6.92 Å². The van der Waals surface area contributed by atoms with Crippen LogP contribution in [0.3, 0.4) is 0 Å². The summed E-state index contributed by atoms with van der Waals surface area (Å²) in [5, 5.41) is 2.79. The number of hydrogen-bond donors (Lipinski definition) is 1. The molecule has 1 aliphatic heterocycles. The molecule has 2 rings (SSSR count). The van der Waals surface area contributed by atoms with E-state index in [0.29, 0.717) is 31.8 Å². The molecule has 1 aromatic rings. The second-order valence-corrected chi connectivity index (χ2v) is 4.23. The fourth-order valence-electron chi connectivity index (χ4n) is 1.82. The zero-order chi connectivity index (χ0) is 13.0. The van der Waals surface area contributed by atoms with Gasteiger partial charge in [-0.15, -0.1) is 0 Å². The first-order valence-corrected chi connectivity index (χ1v) is 5.93. The van der Waals surface area contributed by atoms with Crippen LogP contribution in [0.2, 0.25) is 0 Å². The van der Waals surface area contributed by atoms with E-state index in [0.717, 1.165) is 5.56 Å². The third kappa shape index (κ3) is 3.00. The number of nitrogens with one attached hydrogen (secondary N) is 1. The lowest BCUT2D eigenvalue weighted by atomic mass is 10.1. The Labute approximate surface area is 106 Å². The Balaban J connectivity index is 1.80. The molecule has 5 nitrogen and oxygen atoms in total. The highest BCUT2D eigenvalue weighted by Gasteiger charge is 2.21. The van der Waals surface area contributed by atoms with Crippen molar-refractivity contribution in [3.63, 3.8) is 0 Å². The molecule has 0 aliphatic carbocycles. The number of carbonyl (C=O) groups excluding carboxylic acids is 2. The monoisotopic (exact) mass is 248 g/mol. The summed E-state index contributed by atoms with van der Waals surface area (Å²) >= 11 is 0. The number of ether oxygens (including phenoxy) is 1. The maximum absolute atomic E-state index is 11.8. The molecule has 18 heavy (non-hydrogen) atoms. The van der Waals surface area contributed by atoms with Gasteiger partial charge in [-0.1, -0.05) is 17.7 Å². The summed E-state index contributed by atoms with van der Waals surface area (Å²) in [6.07, 6.45) is -0.306. The summed E-state index contributed by atoms with van der Waals surface area (Å²) in [4.78, 5) is 24.5. The predicted molar refractivity (Wildman–Crippen MR) is 66.4 cm³/mol. The molecule has 0 unspecified atom stereocenters. The van der Waals surface area contributed by atoms with E-state index < -0.39 is 0 Å². The van der Waals surface area contributed by atoms with Gasteiger partial charge in [0, 0.05) is 18.7 Å². The molecule has 2 amide bonds. The molecule has 1 aliphatic rings. The van der Waals surface area contributed by atoms with Crippen molar-refractivity contribution >= 4 is 12.0 Å². The molecular formula is C13H16N2O3. The van der Waals surface area contributed by atoms with Crippen LogP contribution in [0.4, 0.5) is 4.79 Å². The molecule has 0 bridgehead atoms. The van der Waals surface area contributed by atoms with Crippen LogP contribution >= 0.6 is 0 Å². The van der Waals surface area contributed by atoms with E-state index in [4.69, 9.17) is 4.74 Å². The van der Waals surface area contributed by atoms with Crippen LogP contribution in [0.5, 0.6) is 0 Å². The molecule has 0 spiro atoms. The normalized spacial score (nSPS) is 14.5. The van der Waals surface area contributed by atoms with Gasteiger partial charge in [-0.2, -0.15) is 0 Å². The second kappa shape index (κ2) is 5.53. The molecule has 1 fully saturated rings. The topological polar surface area (TPSA) is 58.6 Å². The molecule has 96 valence electrons. The number of cyclic esters (lactones) is 1. The fourth-order valence-corrected chi connectivity index (χ4v) is 1.82. The van der Waals surface area contributed by atoms with Gasteiger partial charge in [0.05, 0.1) is 6.54 Å². The lowest BCUT2D eigenvalue weighted by Gasteiger charge is -2.12. The highest BCUT2D eigenvalue weighted by atomic mass is 16.6. The van der Waals surface area contributed by atoms with Crippen molar-refractivity contribution < 1.29 is 14.3 Å². The van der Waals surface area contributed by atoms with Gasteiger partial charge in [0.25, 0.3) is 5.91 Å². The number of amides is 2. The van der Waals surface area contributed by atoms with Crippen molar-refractivity contribution in [1.29, 1.82) is 0 Å². The van der Waals surface area contributed by atoms with Crippen LogP contribution < -0.4 is 5.32 Å². The average Bonchev–Trinajstić information content (AvgIpc) is 2.75. The number of rotatable bonds is 4. The SMILES string of the molecule is Cc1cccc(C(=O)NCCN2CCOC2=O)c1. The van der Waals surface area contributed by atoms with Crippen LogP contribution in [0.15, 0.2) is 24.3 Å². The summed E-state index contributed by atoms with van der Waals surface area (Å²) in [6.45, 7) is 3.89. The van der Waals surface area contributed by atoms with E-state index in [9.17, 15) is 9.59 Å². The van der Waals surface area contributed by atoms with Crippen molar-refractivity contribution in [2.75, 3.05) is 26.2 Å². The second-order valence-electron chi connectivity index (χ2n) is 4.23. The van der Waals surface area contributed by atoms with Gasteiger partial charge in [0.1, 0.15) is 6.61 Å². The minimum Gasteiger partial charge on any atom is -0.448 e. The first-order chi connectivity index (χ1) is 8.66. The smallest absolute Gasteiger partial charge is 0.409 e. The number of hydrogen-bond acceptors (Lipinski definition) is 3. The minimum atomic E-state index is -0.306. The standard InChI is InChI=1S/C13H16N2O3/c1-10-3-2-4-11(9-10)12(16)14-5-6-15-7-8-18-13(15)17/h2-4,9H,5-8H2,1H3,(H,14,16). The van der Waals surface area contributed by atoms with Gasteiger partial charge >= 0.3 is 6.09 Å². The molecular weight excluding hydrogens is 232 g/mol. The molecule has 5 heteroatoms. The van der Waals surface area contributed by atoms with E-state index in [1.807, 2.05) is 25.1 Å². The predicted octanol–water partition coefficient (Wildman–Crippen LogP) is 1.18. The van der Waals surface area contributed by atoms with Gasteiger partial charge < -0.3 is 15.0 Å². The molecule has 0 aromatic heterocycles. The number of benzene rings is 1. The van der Waals surface area contributed by atoms with Crippen molar-refractivity contribution in [2.45, 2.75) is 6.92 Å². The Morgan fingerprint density at radius 1 is 1.50 bits per heavy atom. The van der Waals surface area contributed by atoms with Gasteiger partial charge in [-0.3, -0.25) is 4.79 Å². The first-order valence-electron chi connectivity index (χ1n) is 5.93. The van der Waals surface area contributed by atoms with Crippen LogP contribution in [0.25, 0.3) is 0 Å². The lowest BCUT2D eigenvalue weighted by Crippen LogP contribution is -2.35. The highest BCUT2D eigenvalue weighted by molar-refractivity contribution is 5.94. The van der Waals surface area contributed by atoms with Gasteiger partial charge in [-0.25, -0.2) is 4.79 Å². The fraction of sp³-hybridized carbons (Fsp3) is 0.385. The molecule has 1 heterocycles. The molecule has 1 saturated heterocycles. The van der Waals surface area contributed by atoms with Crippen LogP contribution in [-0.4, -0.2) is 43.1 Å². The first kappa shape index (κ1) is 12.4. The Morgan fingerprint density at radius 2 is 2.33 bits per heavy atom.